The number of thiophene rings is 1. The van der Waals surface area contributed by atoms with Gasteiger partial charge in [-0.05, 0) is 37.4 Å². The fraction of sp³-hybridized carbons (Fsp3) is 0.286. The van der Waals surface area contributed by atoms with Gasteiger partial charge in [-0.15, -0.1) is 11.3 Å². The number of nitrogens with one attached hydrogen (secondary N) is 2. The van der Waals surface area contributed by atoms with Gasteiger partial charge in [0.1, 0.15) is 5.82 Å². The third-order valence-electron chi connectivity index (χ3n) is 2.70. The van der Waals surface area contributed by atoms with E-state index in [1.54, 1.807) is 29.7 Å². The molecule has 100 valence electrons. The molecule has 1 atom stereocenters. The normalized spacial score (nSPS) is 11.9. The summed E-state index contributed by atoms with van der Waals surface area (Å²) in [6.45, 7) is 4.76. The fourth-order valence-corrected chi connectivity index (χ4v) is 2.47. The molecule has 2 aromatic rings. The summed E-state index contributed by atoms with van der Waals surface area (Å²) in [4.78, 5) is 17.4. The standard InChI is InChI=1S/C14H17N3OS/c1-3-15-13-9-11(6-7-16-13)14(18)17-10(2)12-5-4-8-19-12/h4-10H,3H2,1-2H3,(H,15,16)(H,17,18). The summed E-state index contributed by atoms with van der Waals surface area (Å²) in [5, 5.41) is 8.09. The highest BCUT2D eigenvalue weighted by Crippen LogP contribution is 2.18. The molecule has 2 N–H and O–H groups in total. The molecule has 0 saturated heterocycles. The molecule has 0 spiro atoms. The maximum absolute atomic E-state index is 12.1. The van der Waals surface area contributed by atoms with E-state index in [0.29, 0.717) is 5.56 Å². The van der Waals surface area contributed by atoms with Crippen molar-refractivity contribution in [3.05, 3.63) is 46.3 Å². The molecule has 19 heavy (non-hydrogen) atoms. The molecule has 0 aliphatic rings. The van der Waals surface area contributed by atoms with Gasteiger partial charge in [0, 0.05) is 23.2 Å². The van der Waals surface area contributed by atoms with Crippen LogP contribution in [0.3, 0.4) is 0 Å². The fourth-order valence-electron chi connectivity index (χ4n) is 1.74. The van der Waals surface area contributed by atoms with Crippen LogP contribution in [0.25, 0.3) is 0 Å². The van der Waals surface area contributed by atoms with Gasteiger partial charge in [-0.2, -0.15) is 0 Å². The zero-order valence-electron chi connectivity index (χ0n) is 11.0. The summed E-state index contributed by atoms with van der Waals surface area (Å²) in [6.07, 6.45) is 1.64. The van der Waals surface area contributed by atoms with Crippen molar-refractivity contribution in [3.63, 3.8) is 0 Å². The lowest BCUT2D eigenvalue weighted by Crippen LogP contribution is -2.26. The van der Waals surface area contributed by atoms with Crippen molar-refractivity contribution >= 4 is 23.1 Å². The third-order valence-corrected chi connectivity index (χ3v) is 3.75. The Bertz CT molecular complexity index is 539. The number of carbonyl (C=O) groups excluding carboxylic acids is 1. The highest BCUT2D eigenvalue weighted by atomic mass is 32.1. The average molecular weight is 275 g/mol. The predicted octanol–water partition coefficient (Wildman–Crippen LogP) is 3.07. The predicted molar refractivity (Wildman–Crippen MR) is 78.6 cm³/mol. The molecule has 5 heteroatoms. The SMILES string of the molecule is CCNc1cc(C(=O)NC(C)c2cccs2)ccn1. The van der Waals surface area contributed by atoms with Crippen molar-refractivity contribution in [3.8, 4) is 0 Å². The van der Waals surface area contributed by atoms with E-state index in [-0.39, 0.29) is 11.9 Å². The van der Waals surface area contributed by atoms with Gasteiger partial charge in [-0.1, -0.05) is 6.07 Å². The second-order valence-corrected chi connectivity index (χ2v) is 5.15. The van der Waals surface area contributed by atoms with Crippen LogP contribution in [0, 0.1) is 0 Å². The molecule has 4 nitrogen and oxygen atoms in total. The van der Waals surface area contributed by atoms with Gasteiger partial charge < -0.3 is 10.6 Å². The van der Waals surface area contributed by atoms with Crippen LogP contribution in [0.1, 0.15) is 35.1 Å². The number of nitrogens with zero attached hydrogens (tertiary/aromatic N) is 1. The number of hydrogen-bond donors (Lipinski definition) is 2. The molecule has 2 heterocycles. The largest absolute Gasteiger partial charge is 0.370 e. The Kier molecular flexibility index (Phi) is 4.52. The lowest BCUT2D eigenvalue weighted by molar-refractivity contribution is 0.0940. The highest BCUT2D eigenvalue weighted by Gasteiger charge is 2.12. The number of amides is 1. The summed E-state index contributed by atoms with van der Waals surface area (Å²) >= 11 is 1.64. The molecule has 1 amide bonds. The second kappa shape index (κ2) is 6.33. The molecule has 0 saturated carbocycles. The first-order valence-electron chi connectivity index (χ1n) is 6.25. The maximum atomic E-state index is 12.1. The van der Waals surface area contributed by atoms with E-state index >= 15 is 0 Å². The van der Waals surface area contributed by atoms with Gasteiger partial charge in [-0.3, -0.25) is 4.79 Å². The van der Waals surface area contributed by atoms with Gasteiger partial charge in [0.25, 0.3) is 5.91 Å². The van der Waals surface area contributed by atoms with Crippen LogP contribution >= 0.6 is 11.3 Å². The number of aromatic nitrogens is 1. The summed E-state index contributed by atoms with van der Waals surface area (Å²) in [5.41, 5.74) is 0.620. The number of pyridine rings is 1. The number of anilines is 1. The Morgan fingerprint density at radius 2 is 2.32 bits per heavy atom. The molecule has 0 bridgehead atoms. The van der Waals surface area contributed by atoms with E-state index in [2.05, 4.69) is 15.6 Å². The minimum Gasteiger partial charge on any atom is -0.370 e. The van der Waals surface area contributed by atoms with Gasteiger partial charge >= 0.3 is 0 Å². The summed E-state index contributed by atoms with van der Waals surface area (Å²) in [6, 6.07) is 7.50. The molecular formula is C14H17N3OS. The first-order chi connectivity index (χ1) is 9.20. The van der Waals surface area contributed by atoms with Gasteiger partial charge in [0.2, 0.25) is 0 Å². The van der Waals surface area contributed by atoms with Crippen molar-refractivity contribution < 1.29 is 4.79 Å². The minimum absolute atomic E-state index is 0.0169. The maximum Gasteiger partial charge on any atom is 0.251 e. The van der Waals surface area contributed by atoms with Gasteiger partial charge in [0.15, 0.2) is 0 Å². The summed E-state index contributed by atoms with van der Waals surface area (Å²) in [7, 11) is 0. The topological polar surface area (TPSA) is 54.0 Å². The van der Waals surface area contributed by atoms with Gasteiger partial charge in [-0.25, -0.2) is 4.98 Å². The summed E-state index contributed by atoms with van der Waals surface area (Å²) in [5.74, 6) is 0.640. The van der Waals surface area contributed by atoms with Crippen LogP contribution in [0.4, 0.5) is 5.82 Å². The van der Waals surface area contributed by atoms with Crippen LogP contribution in [-0.2, 0) is 0 Å². The highest BCUT2D eigenvalue weighted by molar-refractivity contribution is 7.10. The molecular weight excluding hydrogens is 258 g/mol. The van der Waals surface area contributed by atoms with Crippen LogP contribution in [-0.4, -0.2) is 17.4 Å². The molecule has 0 radical (unpaired) electrons. The van der Waals surface area contributed by atoms with Crippen molar-refractivity contribution in [1.29, 1.82) is 0 Å². The van der Waals surface area contributed by atoms with E-state index in [1.807, 2.05) is 31.4 Å². The van der Waals surface area contributed by atoms with E-state index in [4.69, 9.17) is 0 Å². The Morgan fingerprint density at radius 3 is 3.00 bits per heavy atom. The van der Waals surface area contributed by atoms with Crippen LogP contribution < -0.4 is 10.6 Å². The molecule has 0 aromatic carbocycles. The summed E-state index contributed by atoms with van der Waals surface area (Å²) < 4.78 is 0. The lowest BCUT2D eigenvalue weighted by atomic mass is 10.2. The molecule has 2 rings (SSSR count). The Hall–Kier alpha value is -1.88. The molecule has 2 aromatic heterocycles. The van der Waals surface area contributed by atoms with Crippen molar-refractivity contribution in [2.24, 2.45) is 0 Å². The monoisotopic (exact) mass is 275 g/mol. The first-order valence-corrected chi connectivity index (χ1v) is 7.13. The molecule has 0 aliphatic heterocycles. The Balaban J connectivity index is 2.05. The third kappa shape index (κ3) is 3.54. The Morgan fingerprint density at radius 1 is 1.47 bits per heavy atom. The lowest BCUT2D eigenvalue weighted by Gasteiger charge is -2.12. The average Bonchev–Trinajstić information content (AvgIpc) is 2.93. The number of rotatable bonds is 5. The smallest absolute Gasteiger partial charge is 0.251 e. The van der Waals surface area contributed by atoms with E-state index < -0.39 is 0 Å². The quantitative estimate of drug-likeness (QED) is 0.881. The minimum atomic E-state index is -0.0811. The second-order valence-electron chi connectivity index (χ2n) is 4.17. The van der Waals surface area contributed by atoms with Crippen molar-refractivity contribution in [1.82, 2.24) is 10.3 Å². The molecule has 0 fully saturated rings. The number of carbonyl (C=O) groups is 1. The van der Waals surface area contributed by atoms with Crippen LogP contribution in [0.15, 0.2) is 35.8 Å². The van der Waals surface area contributed by atoms with Crippen LogP contribution in [0.2, 0.25) is 0 Å². The number of hydrogen-bond acceptors (Lipinski definition) is 4. The zero-order valence-corrected chi connectivity index (χ0v) is 11.8. The zero-order chi connectivity index (χ0) is 13.7. The molecule has 0 aliphatic carbocycles. The van der Waals surface area contributed by atoms with E-state index in [0.717, 1.165) is 17.2 Å². The Labute approximate surface area is 116 Å². The van der Waals surface area contributed by atoms with Gasteiger partial charge in [0.05, 0.1) is 6.04 Å². The van der Waals surface area contributed by atoms with Crippen LogP contribution in [0.5, 0.6) is 0 Å². The first kappa shape index (κ1) is 13.5. The van der Waals surface area contributed by atoms with Crippen molar-refractivity contribution in [2.75, 3.05) is 11.9 Å². The van der Waals surface area contributed by atoms with E-state index in [9.17, 15) is 4.79 Å². The molecule has 1 unspecified atom stereocenters. The van der Waals surface area contributed by atoms with Crippen molar-refractivity contribution in [2.45, 2.75) is 19.9 Å². The van der Waals surface area contributed by atoms with E-state index in [1.165, 1.54) is 0 Å².